The minimum absolute atomic E-state index is 0.113. The maximum absolute atomic E-state index is 13.0. The van der Waals surface area contributed by atoms with Crippen LogP contribution >= 0.6 is 7.60 Å². The number of aromatic amines is 1. The molecule has 1 heterocycles. The Morgan fingerprint density at radius 2 is 1.62 bits per heavy atom. The first kappa shape index (κ1) is 24.2. The highest BCUT2D eigenvalue weighted by Crippen LogP contribution is 2.51. The van der Waals surface area contributed by atoms with E-state index in [1.54, 1.807) is 50.2 Å². The maximum Gasteiger partial charge on any atom is 0.335 e. The Hall–Kier alpha value is -2.97. The van der Waals surface area contributed by atoms with Crippen LogP contribution < -0.4 is 4.72 Å². The second-order valence-electron chi connectivity index (χ2n) is 7.54. The quantitative estimate of drug-likeness (QED) is 0.267. The van der Waals surface area contributed by atoms with Gasteiger partial charge in [0.05, 0.1) is 35.3 Å². The fourth-order valence-electron chi connectivity index (χ4n) is 3.53. The van der Waals surface area contributed by atoms with E-state index < -0.39 is 17.6 Å². The summed E-state index contributed by atoms with van der Waals surface area (Å²) in [5.41, 5.74) is 3.33. The minimum atomic E-state index is -3.83. The van der Waals surface area contributed by atoms with Crippen LogP contribution in [-0.4, -0.2) is 31.6 Å². The maximum atomic E-state index is 13.0. The van der Waals surface area contributed by atoms with Crippen LogP contribution in [0.2, 0.25) is 0 Å². The summed E-state index contributed by atoms with van der Waals surface area (Å²) in [5.74, 6) is 0.671. The van der Waals surface area contributed by atoms with E-state index in [1.165, 1.54) is 6.07 Å². The fraction of sp³-hybridized carbons (Fsp3) is 0.208. The smallest absolute Gasteiger partial charge is 0.335 e. The van der Waals surface area contributed by atoms with Gasteiger partial charge in [0.2, 0.25) is 0 Å². The van der Waals surface area contributed by atoms with Crippen molar-refractivity contribution < 1.29 is 22.0 Å². The van der Waals surface area contributed by atoms with Crippen molar-refractivity contribution in [3.8, 4) is 11.4 Å². The zero-order valence-corrected chi connectivity index (χ0v) is 20.6. The molecule has 34 heavy (non-hydrogen) atoms. The van der Waals surface area contributed by atoms with Crippen molar-refractivity contribution in [2.75, 3.05) is 17.9 Å². The molecule has 1 aromatic heterocycles. The van der Waals surface area contributed by atoms with E-state index in [0.29, 0.717) is 22.5 Å². The highest BCUT2D eigenvalue weighted by atomic mass is 32.2. The number of anilines is 1. The number of sulfonamides is 1. The van der Waals surface area contributed by atoms with Gasteiger partial charge in [0.15, 0.2) is 0 Å². The third kappa shape index (κ3) is 5.56. The second kappa shape index (κ2) is 10.1. The van der Waals surface area contributed by atoms with Gasteiger partial charge in [0.25, 0.3) is 10.0 Å². The summed E-state index contributed by atoms with van der Waals surface area (Å²) >= 11 is 0. The largest absolute Gasteiger partial charge is 0.338 e. The number of rotatable bonds is 10. The molecule has 178 valence electrons. The van der Waals surface area contributed by atoms with Crippen molar-refractivity contribution in [3.63, 3.8) is 0 Å². The van der Waals surface area contributed by atoms with Crippen LogP contribution in [0, 0.1) is 0 Å². The van der Waals surface area contributed by atoms with Crippen molar-refractivity contribution in [2.45, 2.75) is 24.9 Å². The summed E-state index contributed by atoms with van der Waals surface area (Å²) in [5, 5.41) is 0. The third-order valence-electron chi connectivity index (χ3n) is 5.04. The van der Waals surface area contributed by atoms with E-state index in [4.69, 9.17) is 9.05 Å². The SMILES string of the molecule is CCOP(=O)(Cc1ccc(NS(=O)(=O)c2ccc3nc(-c4ccccc4)[nH]c3c2)cc1)OCC. The first-order chi connectivity index (χ1) is 16.3. The number of hydrogen-bond donors (Lipinski definition) is 2. The average Bonchev–Trinajstić information content (AvgIpc) is 3.25. The molecular formula is C24H26N3O5PS. The summed E-state index contributed by atoms with van der Waals surface area (Å²) in [6.45, 7) is 4.07. The number of nitrogens with one attached hydrogen (secondary N) is 2. The van der Waals surface area contributed by atoms with Gasteiger partial charge in [-0.05, 0) is 49.7 Å². The van der Waals surface area contributed by atoms with Gasteiger partial charge in [0, 0.05) is 11.3 Å². The molecule has 0 unspecified atom stereocenters. The molecular weight excluding hydrogens is 473 g/mol. The molecule has 0 aliphatic rings. The number of fused-ring (bicyclic) bond motifs is 1. The molecule has 0 bridgehead atoms. The van der Waals surface area contributed by atoms with Gasteiger partial charge in [-0.3, -0.25) is 9.29 Å². The molecule has 3 aromatic carbocycles. The van der Waals surface area contributed by atoms with E-state index in [1.807, 2.05) is 30.3 Å². The van der Waals surface area contributed by atoms with Gasteiger partial charge in [-0.1, -0.05) is 42.5 Å². The Morgan fingerprint density at radius 3 is 2.26 bits per heavy atom. The molecule has 0 spiro atoms. The van der Waals surface area contributed by atoms with Crippen LogP contribution in [-0.2, 0) is 29.8 Å². The first-order valence-corrected chi connectivity index (χ1v) is 14.1. The van der Waals surface area contributed by atoms with Crippen molar-refractivity contribution >= 4 is 34.3 Å². The van der Waals surface area contributed by atoms with Crippen LogP contribution in [0.5, 0.6) is 0 Å². The topological polar surface area (TPSA) is 110 Å². The Morgan fingerprint density at radius 1 is 0.941 bits per heavy atom. The van der Waals surface area contributed by atoms with E-state index in [2.05, 4.69) is 14.7 Å². The highest BCUT2D eigenvalue weighted by Gasteiger charge is 2.24. The van der Waals surface area contributed by atoms with Crippen LogP contribution in [0.15, 0.2) is 77.7 Å². The van der Waals surface area contributed by atoms with Gasteiger partial charge >= 0.3 is 7.60 Å². The molecule has 4 rings (SSSR count). The highest BCUT2D eigenvalue weighted by molar-refractivity contribution is 7.92. The summed E-state index contributed by atoms with van der Waals surface area (Å²) in [6, 6.07) is 21.0. The lowest BCUT2D eigenvalue weighted by molar-refractivity contribution is 0.219. The summed E-state index contributed by atoms with van der Waals surface area (Å²) in [4.78, 5) is 7.84. The molecule has 2 N–H and O–H groups in total. The molecule has 0 radical (unpaired) electrons. The standard InChI is InChI=1S/C24H26N3O5PS/c1-3-31-33(28,32-4-2)17-18-10-12-20(13-11-18)27-34(29,30)21-14-15-22-23(16-21)26-24(25-22)19-8-6-5-7-9-19/h5-16,27H,3-4,17H2,1-2H3,(H,25,26). The van der Waals surface area contributed by atoms with E-state index in [-0.39, 0.29) is 24.3 Å². The van der Waals surface area contributed by atoms with Crippen LogP contribution in [0.25, 0.3) is 22.4 Å². The number of imidazole rings is 1. The van der Waals surface area contributed by atoms with E-state index in [0.717, 1.165) is 11.1 Å². The normalized spacial score (nSPS) is 12.2. The van der Waals surface area contributed by atoms with Crippen molar-refractivity contribution in [1.29, 1.82) is 0 Å². The molecule has 0 fully saturated rings. The van der Waals surface area contributed by atoms with Crippen LogP contribution in [0.1, 0.15) is 19.4 Å². The van der Waals surface area contributed by atoms with Crippen molar-refractivity contribution in [3.05, 3.63) is 78.4 Å². The monoisotopic (exact) mass is 499 g/mol. The molecule has 8 nitrogen and oxygen atoms in total. The number of hydrogen-bond acceptors (Lipinski definition) is 6. The van der Waals surface area contributed by atoms with Gasteiger partial charge in [-0.2, -0.15) is 0 Å². The van der Waals surface area contributed by atoms with Gasteiger partial charge in [-0.25, -0.2) is 13.4 Å². The average molecular weight is 500 g/mol. The molecule has 0 aliphatic carbocycles. The van der Waals surface area contributed by atoms with Gasteiger partial charge < -0.3 is 14.0 Å². The zero-order valence-electron chi connectivity index (χ0n) is 18.9. The molecule has 0 saturated carbocycles. The fourth-order valence-corrected chi connectivity index (χ4v) is 6.31. The molecule has 0 amide bonds. The Balaban J connectivity index is 1.52. The predicted octanol–water partition coefficient (Wildman–Crippen LogP) is 5.80. The number of benzene rings is 3. The van der Waals surface area contributed by atoms with E-state index >= 15 is 0 Å². The van der Waals surface area contributed by atoms with E-state index in [9.17, 15) is 13.0 Å². The number of nitrogens with zero attached hydrogens (tertiary/aromatic N) is 1. The van der Waals surface area contributed by atoms with Crippen molar-refractivity contribution in [2.24, 2.45) is 0 Å². The summed E-state index contributed by atoms with van der Waals surface area (Å²) < 4.78 is 51.9. The van der Waals surface area contributed by atoms with Gasteiger partial charge in [-0.15, -0.1) is 0 Å². The third-order valence-corrected chi connectivity index (χ3v) is 8.48. The molecule has 4 aromatic rings. The lowest BCUT2D eigenvalue weighted by Gasteiger charge is -2.17. The zero-order chi connectivity index (χ0) is 24.2. The molecule has 0 atom stereocenters. The predicted molar refractivity (Wildman–Crippen MR) is 133 cm³/mol. The van der Waals surface area contributed by atoms with Crippen LogP contribution in [0.3, 0.4) is 0 Å². The van der Waals surface area contributed by atoms with Gasteiger partial charge in [0.1, 0.15) is 5.82 Å². The van der Waals surface area contributed by atoms with Crippen LogP contribution in [0.4, 0.5) is 5.69 Å². The van der Waals surface area contributed by atoms with Crippen molar-refractivity contribution in [1.82, 2.24) is 9.97 Å². The number of aromatic nitrogens is 2. The molecule has 0 saturated heterocycles. The number of H-pyrrole nitrogens is 1. The Labute approximate surface area is 198 Å². The Kier molecular flexibility index (Phi) is 7.19. The second-order valence-corrected chi connectivity index (χ2v) is 11.3. The minimum Gasteiger partial charge on any atom is -0.338 e. The lowest BCUT2D eigenvalue weighted by atomic mass is 10.2. The lowest BCUT2D eigenvalue weighted by Crippen LogP contribution is -2.12. The summed E-state index contributed by atoms with van der Waals surface area (Å²) in [6.07, 6.45) is 0.113. The summed E-state index contributed by atoms with van der Waals surface area (Å²) in [7, 11) is -7.06. The first-order valence-electron chi connectivity index (χ1n) is 10.9. The molecule has 10 heteroatoms. The molecule has 0 aliphatic heterocycles. The Bertz CT molecular complexity index is 1410.